The maximum absolute atomic E-state index is 12.9. The zero-order valence-corrected chi connectivity index (χ0v) is 18.3. The summed E-state index contributed by atoms with van der Waals surface area (Å²) in [5, 5.41) is 16.2. The van der Waals surface area contributed by atoms with E-state index in [9.17, 15) is 14.8 Å². The highest BCUT2D eigenvalue weighted by atomic mass is 16.5. The molecule has 1 aliphatic carbocycles. The molecule has 0 atom stereocenters. The van der Waals surface area contributed by atoms with Crippen LogP contribution in [0.15, 0.2) is 48.5 Å². The van der Waals surface area contributed by atoms with Crippen molar-refractivity contribution in [1.82, 2.24) is 9.78 Å². The molecule has 0 amide bonds. The summed E-state index contributed by atoms with van der Waals surface area (Å²) in [5.41, 5.74) is 2.89. The lowest BCUT2D eigenvalue weighted by atomic mass is 9.90. The Kier molecular flexibility index (Phi) is 6.32. The third kappa shape index (κ3) is 4.01. The number of aromatic nitrogens is 3. The first-order valence-electron chi connectivity index (χ1n) is 10.8. The van der Waals surface area contributed by atoms with Gasteiger partial charge in [0.15, 0.2) is 5.69 Å². The second-order valence-corrected chi connectivity index (χ2v) is 7.72. The number of hydrogen-bond donors (Lipinski definition) is 0. The highest BCUT2D eigenvalue weighted by Gasteiger charge is 2.38. The van der Waals surface area contributed by atoms with E-state index in [0.29, 0.717) is 35.7 Å². The highest BCUT2D eigenvalue weighted by Crippen LogP contribution is 2.25. The fourth-order valence-corrected chi connectivity index (χ4v) is 4.08. The number of nitrogens with zero attached hydrogens (tertiary/aromatic N) is 4. The Bertz CT molecular complexity index is 1140. The first kappa shape index (κ1) is 21.7. The lowest BCUT2D eigenvalue weighted by Gasteiger charge is -2.22. The molecule has 0 spiro atoms. The molecule has 1 heterocycles. The molecule has 3 aromatic rings. The summed E-state index contributed by atoms with van der Waals surface area (Å²) in [5.74, 6) is -0.722. The predicted molar refractivity (Wildman–Crippen MR) is 119 cm³/mol. The number of benzene rings is 2. The summed E-state index contributed by atoms with van der Waals surface area (Å²) < 4.78 is 6.44. The number of hydrogen-bond acceptors (Lipinski definition) is 6. The van der Waals surface area contributed by atoms with E-state index in [-0.39, 0.29) is 23.0 Å². The number of likely N-dealkylation sites (N-methyl/N-ethyl adjacent to an activating group) is 1. The van der Waals surface area contributed by atoms with Gasteiger partial charge in [-0.3, -0.25) is 9.59 Å². The van der Waals surface area contributed by atoms with Crippen molar-refractivity contribution in [3.05, 3.63) is 81.8 Å². The van der Waals surface area contributed by atoms with Crippen LogP contribution in [0.4, 0.5) is 5.69 Å². The molecule has 0 radical (unpaired) electrons. The molecule has 8 heteroatoms. The first-order chi connectivity index (χ1) is 15.5. The monoisotopic (exact) mass is 434 g/mol. The van der Waals surface area contributed by atoms with E-state index in [1.807, 2.05) is 0 Å². The molecule has 0 unspecified atom stereocenters. The molecule has 4 rings (SSSR count). The molecule has 166 valence electrons. The van der Waals surface area contributed by atoms with Crippen LogP contribution in [0.5, 0.6) is 0 Å². The minimum Gasteiger partial charge on any atom is -0.571 e. The Morgan fingerprint density at radius 3 is 2.41 bits per heavy atom. The van der Waals surface area contributed by atoms with Gasteiger partial charge in [-0.05, 0) is 37.5 Å². The van der Waals surface area contributed by atoms with E-state index < -0.39 is 0 Å². The normalized spacial score (nSPS) is 12.6. The molecule has 0 aliphatic heterocycles. The van der Waals surface area contributed by atoms with Crippen LogP contribution in [-0.4, -0.2) is 48.2 Å². The highest BCUT2D eigenvalue weighted by molar-refractivity contribution is 6.26. The number of aryl methyl sites for hydroxylation is 1. The fraction of sp³-hybridized carbons (Fsp3) is 0.333. The minimum atomic E-state index is -0.386. The molecular weight excluding hydrogens is 408 g/mol. The van der Waals surface area contributed by atoms with Crippen molar-refractivity contribution in [1.29, 1.82) is 0 Å². The third-order valence-electron chi connectivity index (χ3n) is 5.80. The Labute approximate surface area is 186 Å². The molecule has 1 aromatic heterocycles. The lowest BCUT2D eigenvalue weighted by molar-refractivity contribution is -0.749. The summed E-state index contributed by atoms with van der Waals surface area (Å²) in [6.07, 6.45) is 1.37. The van der Waals surface area contributed by atoms with Crippen LogP contribution in [0.1, 0.15) is 51.0 Å². The van der Waals surface area contributed by atoms with Gasteiger partial charge in [0, 0.05) is 47.1 Å². The Hall–Kier alpha value is -3.52. The molecule has 0 saturated carbocycles. The van der Waals surface area contributed by atoms with Crippen LogP contribution in [0.3, 0.4) is 0 Å². The minimum absolute atomic E-state index is 0.0660. The van der Waals surface area contributed by atoms with Gasteiger partial charge in [0.1, 0.15) is 0 Å². The van der Waals surface area contributed by atoms with Gasteiger partial charge in [-0.2, -0.15) is 0 Å². The van der Waals surface area contributed by atoms with Gasteiger partial charge in [-0.1, -0.05) is 36.4 Å². The second kappa shape index (κ2) is 9.32. The van der Waals surface area contributed by atoms with Gasteiger partial charge in [-0.15, -0.1) is 4.68 Å². The third-order valence-corrected chi connectivity index (χ3v) is 5.80. The van der Waals surface area contributed by atoms with Crippen molar-refractivity contribution >= 4 is 17.3 Å². The van der Waals surface area contributed by atoms with E-state index in [1.54, 1.807) is 31.4 Å². The molecule has 0 bridgehead atoms. The van der Waals surface area contributed by atoms with Gasteiger partial charge in [0.2, 0.25) is 17.3 Å². The van der Waals surface area contributed by atoms with Gasteiger partial charge in [-0.25, -0.2) is 0 Å². The SMILES string of the molecule is CCN(CCOC)c1ccc(CCCn2c3c(n[n+]2[O-])C(=O)c2ccccc2C3=O)cc1. The molecule has 0 fully saturated rings. The number of carbonyl (C=O) groups excluding carboxylic acids is 2. The van der Waals surface area contributed by atoms with Crippen LogP contribution in [0.25, 0.3) is 0 Å². The molecule has 0 saturated heterocycles. The van der Waals surface area contributed by atoms with Crippen molar-refractivity contribution in [3.8, 4) is 0 Å². The standard InChI is InChI=1S/C24H26N4O4/c1-3-26(15-16-32-2)18-12-10-17(11-13-18)7-6-14-27-22-21(25-28(27)31)23(29)19-8-4-5-9-20(19)24(22)30/h4-5,8-13H,3,6-7,14-16H2,1-2H3. The van der Waals surface area contributed by atoms with Crippen LogP contribution in [0.2, 0.25) is 0 Å². The summed E-state index contributed by atoms with van der Waals surface area (Å²) in [4.78, 5) is 28.3. The summed E-state index contributed by atoms with van der Waals surface area (Å²) in [7, 11) is 1.70. The molecule has 8 nitrogen and oxygen atoms in total. The quantitative estimate of drug-likeness (QED) is 0.297. The number of carbonyl (C=O) groups is 2. The molecule has 2 aromatic carbocycles. The summed E-state index contributed by atoms with van der Waals surface area (Å²) in [6.45, 7) is 4.80. The first-order valence-corrected chi connectivity index (χ1v) is 10.8. The van der Waals surface area contributed by atoms with Crippen molar-refractivity contribution in [3.63, 3.8) is 0 Å². The van der Waals surface area contributed by atoms with Crippen LogP contribution in [-0.2, 0) is 17.7 Å². The van der Waals surface area contributed by atoms with E-state index in [0.717, 1.165) is 30.8 Å². The molecule has 1 aliphatic rings. The van der Waals surface area contributed by atoms with Gasteiger partial charge in [0.05, 0.1) is 13.2 Å². The Morgan fingerprint density at radius 2 is 1.75 bits per heavy atom. The van der Waals surface area contributed by atoms with Gasteiger partial charge in [0.25, 0.3) is 0 Å². The predicted octanol–water partition coefficient (Wildman–Crippen LogP) is 2.40. The number of ketones is 2. The summed E-state index contributed by atoms with van der Waals surface area (Å²) in [6, 6.07) is 14.9. The smallest absolute Gasteiger partial charge is 0.220 e. The second-order valence-electron chi connectivity index (χ2n) is 7.72. The summed E-state index contributed by atoms with van der Waals surface area (Å²) >= 11 is 0. The van der Waals surface area contributed by atoms with Crippen LogP contribution < -0.4 is 9.86 Å². The zero-order chi connectivity index (χ0) is 22.7. The number of ether oxygens (including phenoxy) is 1. The fourth-order valence-electron chi connectivity index (χ4n) is 4.08. The maximum Gasteiger partial charge on any atom is 0.220 e. The average Bonchev–Trinajstić information content (AvgIpc) is 3.15. The van der Waals surface area contributed by atoms with Crippen LogP contribution >= 0.6 is 0 Å². The van der Waals surface area contributed by atoms with E-state index in [4.69, 9.17) is 4.74 Å². The average molecular weight is 434 g/mol. The van der Waals surface area contributed by atoms with Gasteiger partial charge < -0.3 is 14.8 Å². The Morgan fingerprint density at radius 1 is 1.06 bits per heavy atom. The van der Waals surface area contributed by atoms with Crippen molar-refractivity contribution in [2.75, 3.05) is 31.7 Å². The largest absolute Gasteiger partial charge is 0.571 e. The number of methoxy groups -OCH3 is 1. The lowest BCUT2D eigenvalue weighted by Crippen LogP contribution is -2.41. The van der Waals surface area contributed by atoms with E-state index in [1.165, 1.54) is 4.68 Å². The zero-order valence-electron chi connectivity index (χ0n) is 18.3. The number of fused-ring (bicyclic) bond motifs is 2. The topological polar surface area (TPSA) is 91.4 Å². The van der Waals surface area contributed by atoms with Gasteiger partial charge >= 0.3 is 0 Å². The van der Waals surface area contributed by atoms with Crippen molar-refractivity contribution in [2.45, 2.75) is 26.3 Å². The number of rotatable bonds is 9. The molecule has 0 N–H and O–H groups in total. The Balaban J connectivity index is 1.45. The van der Waals surface area contributed by atoms with E-state index in [2.05, 4.69) is 41.2 Å². The van der Waals surface area contributed by atoms with Crippen molar-refractivity contribution < 1.29 is 19.3 Å². The van der Waals surface area contributed by atoms with Crippen molar-refractivity contribution in [2.24, 2.45) is 0 Å². The molecule has 32 heavy (non-hydrogen) atoms. The van der Waals surface area contributed by atoms with Crippen LogP contribution in [0, 0.1) is 5.21 Å². The van der Waals surface area contributed by atoms with E-state index >= 15 is 0 Å². The number of anilines is 1. The maximum atomic E-state index is 12.9. The molecular formula is C24H26N4O4.